The molecule has 1 aromatic carbocycles. The number of nitrogens with one attached hydrogen (secondary N) is 2. The molecule has 0 aliphatic rings. The molecule has 0 amide bonds. The van der Waals surface area contributed by atoms with Crippen molar-refractivity contribution in [2.45, 2.75) is 26.4 Å². The lowest BCUT2D eigenvalue weighted by atomic mass is 10.1. The number of nitrogens with zero attached hydrogens (tertiary/aromatic N) is 2. The van der Waals surface area contributed by atoms with Gasteiger partial charge in [-0.25, -0.2) is 0 Å². The first kappa shape index (κ1) is 20.3. The van der Waals surface area contributed by atoms with E-state index in [1.807, 2.05) is 0 Å². The molecule has 1 rings (SSSR count). The van der Waals surface area contributed by atoms with Gasteiger partial charge in [-0.3, -0.25) is 4.99 Å². The van der Waals surface area contributed by atoms with Crippen molar-refractivity contribution in [1.82, 2.24) is 15.5 Å². The van der Waals surface area contributed by atoms with Crippen LogP contribution in [-0.4, -0.2) is 50.6 Å². The second-order valence-electron chi connectivity index (χ2n) is 5.40. The van der Waals surface area contributed by atoms with Crippen LogP contribution in [0.4, 0.5) is 13.2 Å². The highest BCUT2D eigenvalue weighted by Crippen LogP contribution is 2.29. The fourth-order valence-electron chi connectivity index (χ4n) is 2.28. The van der Waals surface area contributed by atoms with Crippen LogP contribution in [-0.2, 0) is 12.6 Å². The van der Waals surface area contributed by atoms with Crippen LogP contribution in [0, 0.1) is 0 Å². The fraction of sp³-hybridized carbons (Fsp3) is 0.588. The summed E-state index contributed by atoms with van der Waals surface area (Å²) in [6.07, 6.45) is -3.65. The van der Waals surface area contributed by atoms with E-state index in [4.69, 9.17) is 0 Å². The smallest absolute Gasteiger partial charge is 0.356 e. The molecule has 0 aliphatic heterocycles. The summed E-state index contributed by atoms with van der Waals surface area (Å²) in [7, 11) is 1.70. The Hall–Kier alpha value is -1.76. The van der Waals surface area contributed by atoms with E-state index in [9.17, 15) is 13.2 Å². The number of likely N-dealkylation sites (N-methyl/N-ethyl adjacent to an activating group) is 1. The number of rotatable bonds is 8. The Kier molecular flexibility index (Phi) is 8.60. The van der Waals surface area contributed by atoms with E-state index in [1.165, 1.54) is 12.1 Å². The van der Waals surface area contributed by atoms with Crippen LogP contribution < -0.4 is 10.6 Å². The molecule has 0 heterocycles. The minimum atomic E-state index is -4.28. The van der Waals surface area contributed by atoms with Crippen LogP contribution in [0.5, 0.6) is 0 Å². The van der Waals surface area contributed by atoms with Crippen molar-refractivity contribution in [3.63, 3.8) is 0 Å². The summed E-state index contributed by atoms with van der Waals surface area (Å²) in [4.78, 5) is 6.45. The first-order chi connectivity index (χ1) is 11.4. The summed E-state index contributed by atoms with van der Waals surface area (Å²) in [5.41, 5.74) is 0.238. The van der Waals surface area contributed by atoms with Gasteiger partial charge in [-0.2, -0.15) is 13.2 Å². The molecule has 0 unspecified atom stereocenters. The third kappa shape index (κ3) is 7.21. The van der Waals surface area contributed by atoms with Crippen molar-refractivity contribution in [2.75, 3.05) is 39.8 Å². The molecule has 0 saturated carbocycles. The standard InChI is InChI=1S/C17H27F3N4/c1-4-24(5-2)13-12-23-16(21-3)22-11-10-14-6-8-15(9-7-14)17(18,19)20/h6-9H,4-5,10-13H2,1-3H3,(H2,21,22,23). The van der Waals surface area contributed by atoms with Gasteiger partial charge in [0.15, 0.2) is 5.96 Å². The quantitative estimate of drug-likeness (QED) is 0.563. The largest absolute Gasteiger partial charge is 0.416 e. The second-order valence-corrected chi connectivity index (χ2v) is 5.40. The molecule has 4 nitrogen and oxygen atoms in total. The molecule has 0 spiro atoms. The molecule has 7 heteroatoms. The first-order valence-electron chi connectivity index (χ1n) is 8.23. The summed E-state index contributed by atoms with van der Waals surface area (Å²) in [5, 5.41) is 6.40. The van der Waals surface area contributed by atoms with E-state index in [1.54, 1.807) is 7.05 Å². The van der Waals surface area contributed by atoms with Crippen LogP contribution in [0.2, 0.25) is 0 Å². The van der Waals surface area contributed by atoms with Gasteiger partial charge in [0.1, 0.15) is 0 Å². The molecule has 0 radical (unpaired) electrons. The summed E-state index contributed by atoms with van der Waals surface area (Å²) in [6.45, 7) is 8.61. The number of hydrogen-bond acceptors (Lipinski definition) is 2. The summed E-state index contributed by atoms with van der Waals surface area (Å²) < 4.78 is 37.5. The Morgan fingerprint density at radius 1 is 1.04 bits per heavy atom. The monoisotopic (exact) mass is 344 g/mol. The SMILES string of the molecule is CCN(CC)CCNC(=NC)NCCc1ccc(C(F)(F)F)cc1. The highest BCUT2D eigenvalue weighted by molar-refractivity contribution is 5.79. The Bertz CT molecular complexity index is 494. The van der Waals surface area contributed by atoms with Crippen LogP contribution in [0.15, 0.2) is 29.3 Å². The predicted molar refractivity (Wildman–Crippen MR) is 92.3 cm³/mol. The third-order valence-corrected chi connectivity index (χ3v) is 3.83. The molecule has 136 valence electrons. The van der Waals surface area contributed by atoms with E-state index in [-0.39, 0.29) is 0 Å². The van der Waals surface area contributed by atoms with Crippen molar-refractivity contribution >= 4 is 5.96 Å². The van der Waals surface area contributed by atoms with Gasteiger partial charge in [0.05, 0.1) is 5.56 Å². The topological polar surface area (TPSA) is 39.7 Å². The van der Waals surface area contributed by atoms with Crippen LogP contribution >= 0.6 is 0 Å². The molecular weight excluding hydrogens is 317 g/mol. The molecule has 0 aliphatic carbocycles. The second kappa shape index (κ2) is 10.2. The average molecular weight is 344 g/mol. The van der Waals surface area contributed by atoms with Crippen LogP contribution in [0.1, 0.15) is 25.0 Å². The van der Waals surface area contributed by atoms with E-state index in [0.29, 0.717) is 18.9 Å². The van der Waals surface area contributed by atoms with E-state index >= 15 is 0 Å². The van der Waals surface area contributed by atoms with Crippen molar-refractivity contribution < 1.29 is 13.2 Å². The molecule has 0 saturated heterocycles. The predicted octanol–water partition coefficient (Wildman–Crippen LogP) is 2.75. The van der Waals surface area contributed by atoms with Gasteiger partial charge in [0.25, 0.3) is 0 Å². The lowest BCUT2D eigenvalue weighted by Gasteiger charge is -2.19. The van der Waals surface area contributed by atoms with Gasteiger partial charge < -0.3 is 15.5 Å². The number of halogens is 3. The van der Waals surface area contributed by atoms with E-state index < -0.39 is 11.7 Å². The number of guanidine groups is 1. The maximum absolute atomic E-state index is 12.5. The maximum atomic E-state index is 12.5. The van der Waals surface area contributed by atoms with Gasteiger partial charge in [-0.1, -0.05) is 26.0 Å². The Labute approximate surface area is 142 Å². The summed E-state index contributed by atoms with van der Waals surface area (Å²) >= 11 is 0. The highest BCUT2D eigenvalue weighted by atomic mass is 19.4. The number of hydrogen-bond donors (Lipinski definition) is 2. The zero-order valence-corrected chi connectivity index (χ0v) is 14.6. The molecule has 1 aromatic rings. The maximum Gasteiger partial charge on any atom is 0.416 e. The summed E-state index contributed by atoms with van der Waals surface area (Å²) in [6, 6.07) is 5.26. The lowest BCUT2D eigenvalue weighted by molar-refractivity contribution is -0.137. The Morgan fingerprint density at radius 3 is 2.12 bits per heavy atom. The third-order valence-electron chi connectivity index (χ3n) is 3.83. The fourth-order valence-corrected chi connectivity index (χ4v) is 2.28. The number of aliphatic imine (C=N–C) groups is 1. The lowest BCUT2D eigenvalue weighted by Crippen LogP contribution is -2.42. The van der Waals surface area contributed by atoms with Crippen LogP contribution in [0.3, 0.4) is 0 Å². The molecule has 0 fully saturated rings. The molecule has 0 aromatic heterocycles. The van der Waals surface area contributed by atoms with Gasteiger partial charge in [0.2, 0.25) is 0 Å². The Morgan fingerprint density at radius 2 is 1.62 bits per heavy atom. The highest BCUT2D eigenvalue weighted by Gasteiger charge is 2.29. The summed E-state index contributed by atoms with van der Waals surface area (Å²) in [5.74, 6) is 0.703. The first-order valence-corrected chi connectivity index (χ1v) is 8.23. The van der Waals surface area contributed by atoms with Gasteiger partial charge in [-0.05, 0) is 37.2 Å². The van der Waals surface area contributed by atoms with Crippen molar-refractivity contribution in [3.05, 3.63) is 35.4 Å². The van der Waals surface area contributed by atoms with Gasteiger partial charge in [-0.15, -0.1) is 0 Å². The zero-order chi connectivity index (χ0) is 18.0. The van der Waals surface area contributed by atoms with E-state index in [2.05, 4.69) is 34.4 Å². The molecule has 0 atom stereocenters. The number of benzene rings is 1. The van der Waals surface area contributed by atoms with Crippen molar-refractivity contribution in [2.24, 2.45) is 4.99 Å². The van der Waals surface area contributed by atoms with E-state index in [0.717, 1.165) is 43.9 Å². The molecule has 24 heavy (non-hydrogen) atoms. The zero-order valence-electron chi connectivity index (χ0n) is 14.6. The van der Waals surface area contributed by atoms with Crippen molar-refractivity contribution in [1.29, 1.82) is 0 Å². The van der Waals surface area contributed by atoms with Gasteiger partial charge >= 0.3 is 6.18 Å². The molecular formula is C17H27F3N4. The van der Waals surface area contributed by atoms with Crippen LogP contribution in [0.25, 0.3) is 0 Å². The molecule has 2 N–H and O–H groups in total. The Balaban J connectivity index is 2.34. The minimum absolute atomic E-state index is 0.607. The molecule has 0 bridgehead atoms. The van der Waals surface area contributed by atoms with Gasteiger partial charge in [0, 0.05) is 26.7 Å². The van der Waals surface area contributed by atoms with Crippen molar-refractivity contribution in [3.8, 4) is 0 Å². The average Bonchev–Trinajstić information content (AvgIpc) is 2.56. The minimum Gasteiger partial charge on any atom is -0.356 e. The normalized spacial score (nSPS) is 12.5. The number of alkyl halides is 3.